The maximum Gasteiger partial charge on any atom is 0.343 e. The van der Waals surface area contributed by atoms with Gasteiger partial charge in [-0.05, 0) is 59.3 Å². The van der Waals surface area contributed by atoms with Gasteiger partial charge in [-0.2, -0.15) is 5.26 Å². The van der Waals surface area contributed by atoms with Crippen LogP contribution in [0.25, 0.3) is 10.8 Å². The summed E-state index contributed by atoms with van der Waals surface area (Å²) in [5.74, 6) is 0.741. The van der Waals surface area contributed by atoms with Crippen molar-refractivity contribution in [2.45, 2.75) is 0 Å². The molecule has 0 spiro atoms. The lowest BCUT2D eigenvalue weighted by atomic mass is 10.1. The molecule has 3 aromatic rings. The van der Waals surface area contributed by atoms with Crippen LogP contribution in [0.1, 0.15) is 15.9 Å². The van der Waals surface area contributed by atoms with E-state index in [4.69, 9.17) is 14.7 Å². The minimum atomic E-state index is -0.461. The Bertz CT molecular complexity index is 908. The highest BCUT2D eigenvalue weighted by Gasteiger charge is 2.09. The van der Waals surface area contributed by atoms with E-state index >= 15 is 0 Å². The number of carbonyl (C=O) groups is 1. The number of hydrogen-bond donors (Lipinski definition) is 0. The molecule has 0 aliphatic carbocycles. The number of nitriles is 1. The van der Waals surface area contributed by atoms with Gasteiger partial charge >= 0.3 is 5.97 Å². The number of nitrogens with zero attached hydrogens (tertiary/aromatic N) is 1. The van der Waals surface area contributed by atoms with Crippen LogP contribution >= 0.6 is 0 Å². The third kappa shape index (κ3) is 3.14. The number of hydrogen-bond acceptors (Lipinski definition) is 4. The standard InChI is InChI=1S/C19H13NO3/c1-22-17-8-6-14-7-9-18(11-16(14)10-17)23-19(21)15-4-2-13(12-20)3-5-15/h2-11H,1H3. The van der Waals surface area contributed by atoms with E-state index in [9.17, 15) is 4.79 Å². The zero-order chi connectivity index (χ0) is 16.2. The fraction of sp³-hybridized carbons (Fsp3) is 0.0526. The minimum Gasteiger partial charge on any atom is -0.497 e. The van der Waals surface area contributed by atoms with E-state index in [1.807, 2.05) is 30.3 Å². The number of benzene rings is 3. The highest BCUT2D eigenvalue weighted by atomic mass is 16.5. The summed E-state index contributed by atoms with van der Waals surface area (Å²) in [4.78, 5) is 12.1. The van der Waals surface area contributed by atoms with Crippen LogP contribution in [0, 0.1) is 11.3 Å². The molecule has 3 aromatic carbocycles. The minimum absolute atomic E-state index is 0.398. The summed E-state index contributed by atoms with van der Waals surface area (Å²) < 4.78 is 10.6. The van der Waals surface area contributed by atoms with Crippen molar-refractivity contribution in [2.75, 3.05) is 7.11 Å². The Labute approximate surface area is 133 Å². The molecule has 0 heterocycles. The number of esters is 1. The smallest absolute Gasteiger partial charge is 0.343 e. The number of ether oxygens (including phenoxy) is 2. The molecular formula is C19H13NO3. The highest BCUT2D eigenvalue weighted by Crippen LogP contribution is 2.25. The average Bonchev–Trinajstić information content (AvgIpc) is 2.61. The van der Waals surface area contributed by atoms with Gasteiger partial charge in [0.1, 0.15) is 11.5 Å². The van der Waals surface area contributed by atoms with Crippen molar-refractivity contribution in [2.24, 2.45) is 0 Å². The molecule has 0 bridgehead atoms. The van der Waals surface area contributed by atoms with Crippen LogP contribution < -0.4 is 9.47 Å². The normalized spacial score (nSPS) is 10.1. The molecule has 0 radical (unpaired) electrons. The number of rotatable bonds is 3. The van der Waals surface area contributed by atoms with Gasteiger partial charge in [0.2, 0.25) is 0 Å². The summed E-state index contributed by atoms with van der Waals surface area (Å²) in [6, 6.07) is 19.5. The van der Waals surface area contributed by atoms with E-state index in [1.165, 1.54) is 0 Å². The summed E-state index contributed by atoms with van der Waals surface area (Å²) in [6.45, 7) is 0. The van der Waals surface area contributed by atoms with E-state index < -0.39 is 5.97 Å². The second-order valence-electron chi connectivity index (χ2n) is 4.95. The van der Waals surface area contributed by atoms with Gasteiger partial charge in [0, 0.05) is 0 Å². The van der Waals surface area contributed by atoms with Crippen LogP contribution in [-0.2, 0) is 0 Å². The van der Waals surface area contributed by atoms with Gasteiger partial charge in [-0.1, -0.05) is 12.1 Å². The predicted molar refractivity (Wildman–Crippen MR) is 86.6 cm³/mol. The molecule has 0 aromatic heterocycles. The molecule has 0 saturated heterocycles. The van der Waals surface area contributed by atoms with Gasteiger partial charge in [-0.3, -0.25) is 0 Å². The van der Waals surface area contributed by atoms with E-state index in [0.29, 0.717) is 16.9 Å². The number of fused-ring (bicyclic) bond motifs is 1. The Balaban J connectivity index is 1.85. The molecule has 3 rings (SSSR count). The quantitative estimate of drug-likeness (QED) is 0.543. The predicted octanol–water partition coefficient (Wildman–Crippen LogP) is 3.94. The largest absolute Gasteiger partial charge is 0.497 e. The van der Waals surface area contributed by atoms with Crippen LogP contribution in [0.5, 0.6) is 11.5 Å². The Hall–Kier alpha value is -3.32. The molecule has 4 nitrogen and oxygen atoms in total. The van der Waals surface area contributed by atoms with Crippen LogP contribution in [0.4, 0.5) is 0 Å². The van der Waals surface area contributed by atoms with Crippen LogP contribution in [0.15, 0.2) is 60.7 Å². The Morgan fingerprint density at radius 2 is 1.57 bits per heavy atom. The van der Waals surface area contributed by atoms with E-state index in [-0.39, 0.29) is 0 Å². The lowest BCUT2D eigenvalue weighted by molar-refractivity contribution is 0.0735. The third-order valence-corrected chi connectivity index (χ3v) is 3.48. The summed E-state index contributed by atoms with van der Waals surface area (Å²) >= 11 is 0. The van der Waals surface area contributed by atoms with E-state index in [0.717, 1.165) is 16.5 Å². The fourth-order valence-electron chi connectivity index (χ4n) is 2.24. The molecular weight excluding hydrogens is 290 g/mol. The van der Waals surface area contributed by atoms with Crippen molar-refractivity contribution in [3.05, 3.63) is 71.8 Å². The van der Waals surface area contributed by atoms with Crippen molar-refractivity contribution in [1.82, 2.24) is 0 Å². The van der Waals surface area contributed by atoms with Crippen molar-refractivity contribution in [3.63, 3.8) is 0 Å². The SMILES string of the molecule is COc1ccc2ccc(OC(=O)c3ccc(C#N)cc3)cc2c1. The van der Waals surface area contributed by atoms with Crippen molar-refractivity contribution >= 4 is 16.7 Å². The number of methoxy groups -OCH3 is 1. The molecule has 0 aliphatic rings. The molecule has 0 unspecified atom stereocenters. The summed E-state index contributed by atoms with van der Waals surface area (Å²) in [5, 5.41) is 10.7. The van der Waals surface area contributed by atoms with Crippen molar-refractivity contribution in [3.8, 4) is 17.6 Å². The van der Waals surface area contributed by atoms with Gasteiger partial charge in [-0.25, -0.2) is 4.79 Å². The van der Waals surface area contributed by atoms with Crippen LogP contribution in [-0.4, -0.2) is 13.1 Å². The highest BCUT2D eigenvalue weighted by molar-refractivity contribution is 5.92. The van der Waals surface area contributed by atoms with E-state index in [2.05, 4.69) is 0 Å². The molecule has 112 valence electrons. The Kier molecular flexibility index (Phi) is 3.94. The topological polar surface area (TPSA) is 59.3 Å². The second-order valence-corrected chi connectivity index (χ2v) is 4.95. The molecule has 23 heavy (non-hydrogen) atoms. The lowest BCUT2D eigenvalue weighted by Gasteiger charge is -2.07. The average molecular weight is 303 g/mol. The van der Waals surface area contributed by atoms with Gasteiger partial charge in [-0.15, -0.1) is 0 Å². The molecule has 0 atom stereocenters. The van der Waals surface area contributed by atoms with Gasteiger partial charge in [0.05, 0.1) is 24.3 Å². The first-order valence-corrected chi connectivity index (χ1v) is 7.00. The molecule has 0 amide bonds. The molecule has 0 N–H and O–H groups in total. The second kappa shape index (κ2) is 6.20. The molecule has 0 fully saturated rings. The lowest BCUT2D eigenvalue weighted by Crippen LogP contribution is -2.08. The van der Waals surface area contributed by atoms with Gasteiger partial charge in [0.15, 0.2) is 0 Å². The van der Waals surface area contributed by atoms with Gasteiger partial charge < -0.3 is 9.47 Å². The van der Waals surface area contributed by atoms with Crippen LogP contribution in [0.3, 0.4) is 0 Å². The molecule has 4 heteroatoms. The maximum absolute atomic E-state index is 12.1. The van der Waals surface area contributed by atoms with Crippen molar-refractivity contribution < 1.29 is 14.3 Å². The maximum atomic E-state index is 12.1. The first-order chi connectivity index (χ1) is 11.2. The zero-order valence-electron chi connectivity index (χ0n) is 12.4. The first kappa shape index (κ1) is 14.6. The first-order valence-electron chi connectivity index (χ1n) is 7.00. The Morgan fingerprint density at radius 1 is 0.913 bits per heavy atom. The van der Waals surface area contributed by atoms with Gasteiger partial charge in [0.25, 0.3) is 0 Å². The van der Waals surface area contributed by atoms with Crippen molar-refractivity contribution in [1.29, 1.82) is 5.26 Å². The Morgan fingerprint density at radius 3 is 2.22 bits per heavy atom. The third-order valence-electron chi connectivity index (χ3n) is 3.48. The monoisotopic (exact) mass is 303 g/mol. The van der Waals surface area contributed by atoms with Crippen LogP contribution in [0.2, 0.25) is 0 Å². The number of carbonyl (C=O) groups excluding carboxylic acids is 1. The zero-order valence-corrected chi connectivity index (χ0v) is 12.4. The van der Waals surface area contributed by atoms with E-state index in [1.54, 1.807) is 43.5 Å². The summed E-state index contributed by atoms with van der Waals surface area (Å²) in [5.41, 5.74) is 0.897. The fourth-order valence-corrected chi connectivity index (χ4v) is 2.24. The molecule has 0 saturated carbocycles. The molecule has 0 aliphatic heterocycles. The summed E-state index contributed by atoms with van der Waals surface area (Å²) in [7, 11) is 1.61. The summed E-state index contributed by atoms with van der Waals surface area (Å²) in [6.07, 6.45) is 0.